The van der Waals surface area contributed by atoms with Crippen molar-refractivity contribution in [3.63, 3.8) is 0 Å². The van der Waals surface area contributed by atoms with Crippen LogP contribution in [0.4, 0.5) is 0 Å². The lowest BCUT2D eigenvalue weighted by molar-refractivity contribution is -0.145. The molecule has 1 aliphatic rings. The van der Waals surface area contributed by atoms with Crippen molar-refractivity contribution >= 4 is 17.9 Å². The monoisotopic (exact) mass is 328 g/mol. The molecule has 0 unspecified atom stereocenters. The molecule has 1 aliphatic carbocycles. The van der Waals surface area contributed by atoms with Crippen molar-refractivity contribution in [3.8, 4) is 0 Å². The first kappa shape index (κ1) is 19.0. The molecule has 0 aliphatic heterocycles. The van der Waals surface area contributed by atoms with Gasteiger partial charge in [0.1, 0.15) is 0 Å². The smallest absolute Gasteiger partial charge is 0.309 e. The van der Waals surface area contributed by atoms with E-state index in [0.29, 0.717) is 0 Å². The van der Waals surface area contributed by atoms with Gasteiger partial charge < -0.3 is 33.1 Å². The summed E-state index contributed by atoms with van der Waals surface area (Å²) in [4.78, 5) is 19.8. The van der Waals surface area contributed by atoms with E-state index >= 15 is 0 Å². The number of aliphatic hydroxyl groups is 1. The maximum atomic E-state index is 11.4. The summed E-state index contributed by atoms with van der Waals surface area (Å²) >= 11 is 0. The lowest BCUT2D eigenvalue weighted by Gasteiger charge is -2.32. The Hall–Kier alpha value is -2.03. The standard InChI is InChI=1S/C14H28N6O3/c1-3-6(4-2)10(20-14(17)18)9-8(19-13(15)16)5-7(11(9)21)12(22)23/h6-11,21H,3-5H2,1-2H3,(H,22,23)(H4,15,16,19)(H4,17,18,20)/t7-,8+,9+,10-,11+/m0/s1. The molecule has 5 atom stereocenters. The third kappa shape index (κ3) is 4.47. The van der Waals surface area contributed by atoms with Crippen LogP contribution < -0.4 is 22.9 Å². The summed E-state index contributed by atoms with van der Waals surface area (Å²) in [6.07, 6.45) is 0.602. The molecule has 0 bridgehead atoms. The highest BCUT2D eigenvalue weighted by Crippen LogP contribution is 2.40. The van der Waals surface area contributed by atoms with Crippen LogP contribution >= 0.6 is 0 Å². The second-order valence-electron chi connectivity index (χ2n) is 5.99. The second kappa shape index (κ2) is 8.00. The van der Waals surface area contributed by atoms with E-state index in [1.165, 1.54) is 0 Å². The fraction of sp³-hybridized carbons (Fsp3) is 0.786. The zero-order valence-corrected chi connectivity index (χ0v) is 13.6. The van der Waals surface area contributed by atoms with Crippen LogP contribution in [0.15, 0.2) is 9.98 Å². The average molecular weight is 328 g/mol. The average Bonchev–Trinajstić information content (AvgIpc) is 2.74. The van der Waals surface area contributed by atoms with Gasteiger partial charge in [0, 0.05) is 5.92 Å². The number of carboxylic acid groups (broad SMARTS) is 1. The van der Waals surface area contributed by atoms with Gasteiger partial charge in [0.25, 0.3) is 0 Å². The normalized spacial score (nSPS) is 28.3. The highest BCUT2D eigenvalue weighted by Gasteiger charge is 2.50. The van der Waals surface area contributed by atoms with Crippen molar-refractivity contribution in [1.29, 1.82) is 0 Å². The molecule has 132 valence electrons. The maximum Gasteiger partial charge on any atom is 0.309 e. The summed E-state index contributed by atoms with van der Waals surface area (Å²) in [7, 11) is 0. The molecule has 0 aromatic rings. The van der Waals surface area contributed by atoms with Gasteiger partial charge in [-0.1, -0.05) is 26.7 Å². The summed E-state index contributed by atoms with van der Waals surface area (Å²) in [5, 5.41) is 19.9. The second-order valence-corrected chi connectivity index (χ2v) is 5.99. The predicted octanol–water partition coefficient (Wildman–Crippen LogP) is -1.21. The minimum atomic E-state index is -1.12. The van der Waals surface area contributed by atoms with Gasteiger partial charge in [-0.15, -0.1) is 0 Å². The van der Waals surface area contributed by atoms with E-state index in [-0.39, 0.29) is 24.3 Å². The molecule has 1 saturated carbocycles. The number of aliphatic imine (C=N–C) groups is 2. The number of nitrogens with zero attached hydrogens (tertiary/aromatic N) is 2. The predicted molar refractivity (Wildman–Crippen MR) is 88.5 cm³/mol. The summed E-state index contributed by atoms with van der Waals surface area (Å²) in [5.41, 5.74) is 22.0. The Morgan fingerprint density at radius 2 is 1.74 bits per heavy atom. The van der Waals surface area contributed by atoms with Gasteiger partial charge >= 0.3 is 5.97 Å². The Balaban J connectivity index is 3.29. The van der Waals surface area contributed by atoms with Gasteiger partial charge in [-0.05, 0) is 12.3 Å². The summed E-state index contributed by atoms with van der Waals surface area (Å²) in [6.45, 7) is 3.99. The molecule has 9 heteroatoms. The maximum absolute atomic E-state index is 11.4. The molecule has 23 heavy (non-hydrogen) atoms. The third-order valence-electron chi connectivity index (χ3n) is 4.60. The van der Waals surface area contributed by atoms with Crippen molar-refractivity contribution in [1.82, 2.24) is 0 Å². The zero-order chi connectivity index (χ0) is 17.7. The molecular formula is C14H28N6O3. The molecule has 0 aromatic heterocycles. The van der Waals surface area contributed by atoms with Crippen molar-refractivity contribution < 1.29 is 15.0 Å². The first-order chi connectivity index (χ1) is 10.7. The molecule has 0 spiro atoms. The minimum absolute atomic E-state index is 0.0843. The number of hydrogen-bond donors (Lipinski definition) is 6. The fourth-order valence-electron chi connectivity index (χ4n) is 3.51. The topological polar surface area (TPSA) is 186 Å². The van der Waals surface area contributed by atoms with E-state index in [0.717, 1.165) is 12.8 Å². The van der Waals surface area contributed by atoms with E-state index in [4.69, 9.17) is 22.9 Å². The van der Waals surface area contributed by atoms with Crippen LogP contribution in [0.25, 0.3) is 0 Å². The highest BCUT2D eigenvalue weighted by molar-refractivity contribution is 5.77. The lowest BCUT2D eigenvalue weighted by atomic mass is 9.81. The SMILES string of the molecule is CCC(CC)[C@H](N=C(N)N)[C@@H]1[C@H](O)[C@@H](C(=O)O)C[C@H]1N=C(N)N. The van der Waals surface area contributed by atoms with Crippen molar-refractivity contribution in [2.45, 2.75) is 51.3 Å². The van der Waals surface area contributed by atoms with E-state index in [9.17, 15) is 15.0 Å². The number of carboxylic acids is 1. The Bertz CT molecular complexity index is 469. The van der Waals surface area contributed by atoms with Crippen molar-refractivity contribution in [3.05, 3.63) is 0 Å². The number of aliphatic hydroxyl groups excluding tert-OH is 1. The quantitative estimate of drug-likeness (QED) is 0.250. The lowest BCUT2D eigenvalue weighted by Crippen LogP contribution is -2.42. The fourth-order valence-corrected chi connectivity index (χ4v) is 3.51. The van der Waals surface area contributed by atoms with Crippen LogP contribution in [0.2, 0.25) is 0 Å². The Kier molecular flexibility index (Phi) is 6.62. The Morgan fingerprint density at radius 3 is 2.13 bits per heavy atom. The van der Waals surface area contributed by atoms with Crippen LogP contribution in [-0.2, 0) is 4.79 Å². The van der Waals surface area contributed by atoms with Crippen molar-refractivity contribution in [2.75, 3.05) is 0 Å². The van der Waals surface area contributed by atoms with Gasteiger partial charge in [-0.2, -0.15) is 0 Å². The van der Waals surface area contributed by atoms with Crippen LogP contribution in [0.3, 0.4) is 0 Å². The van der Waals surface area contributed by atoms with E-state index < -0.39 is 36.0 Å². The van der Waals surface area contributed by atoms with Gasteiger partial charge in [0.15, 0.2) is 11.9 Å². The summed E-state index contributed by atoms with van der Waals surface area (Å²) in [5.74, 6) is -2.74. The molecule has 0 heterocycles. The third-order valence-corrected chi connectivity index (χ3v) is 4.60. The molecule has 0 radical (unpaired) electrons. The number of rotatable bonds is 7. The molecule has 1 rings (SSSR count). The van der Waals surface area contributed by atoms with E-state index in [1.54, 1.807) is 0 Å². The van der Waals surface area contributed by atoms with Gasteiger partial charge in [-0.25, -0.2) is 9.98 Å². The Labute approximate surface area is 135 Å². The van der Waals surface area contributed by atoms with Crippen LogP contribution in [0.5, 0.6) is 0 Å². The first-order valence-corrected chi connectivity index (χ1v) is 7.81. The molecule has 9 nitrogen and oxygen atoms in total. The molecule has 1 fully saturated rings. The highest BCUT2D eigenvalue weighted by atomic mass is 16.4. The van der Waals surface area contributed by atoms with Gasteiger partial charge in [0.05, 0.1) is 24.1 Å². The minimum Gasteiger partial charge on any atom is -0.481 e. The summed E-state index contributed by atoms with van der Waals surface area (Å²) in [6, 6.07) is -0.979. The van der Waals surface area contributed by atoms with Crippen molar-refractivity contribution in [2.24, 2.45) is 50.7 Å². The number of nitrogens with two attached hydrogens (primary N) is 4. The van der Waals surface area contributed by atoms with Gasteiger partial charge in [-0.3, -0.25) is 4.79 Å². The van der Waals surface area contributed by atoms with Crippen LogP contribution in [0, 0.1) is 17.8 Å². The number of guanidine groups is 2. The Morgan fingerprint density at radius 1 is 1.17 bits per heavy atom. The van der Waals surface area contributed by atoms with E-state index in [1.807, 2.05) is 13.8 Å². The number of hydrogen-bond acceptors (Lipinski definition) is 4. The van der Waals surface area contributed by atoms with Crippen LogP contribution in [-0.4, -0.2) is 46.3 Å². The molecule has 0 saturated heterocycles. The largest absolute Gasteiger partial charge is 0.481 e. The van der Waals surface area contributed by atoms with E-state index in [2.05, 4.69) is 9.98 Å². The molecular weight excluding hydrogens is 300 g/mol. The number of carbonyl (C=O) groups is 1. The van der Waals surface area contributed by atoms with Crippen LogP contribution in [0.1, 0.15) is 33.1 Å². The molecule has 0 amide bonds. The number of aliphatic carboxylic acids is 1. The molecule has 10 N–H and O–H groups in total. The zero-order valence-electron chi connectivity index (χ0n) is 13.6. The summed E-state index contributed by atoms with van der Waals surface area (Å²) < 4.78 is 0. The van der Waals surface area contributed by atoms with Gasteiger partial charge in [0.2, 0.25) is 0 Å². The first-order valence-electron chi connectivity index (χ1n) is 7.81. The molecule has 0 aromatic carbocycles.